The summed E-state index contributed by atoms with van der Waals surface area (Å²) in [4.78, 5) is 35.2. The van der Waals surface area contributed by atoms with E-state index in [1.54, 1.807) is 19.9 Å². The summed E-state index contributed by atoms with van der Waals surface area (Å²) in [6.07, 6.45) is 0.746. The second kappa shape index (κ2) is 10.3. The third-order valence-electron chi connectivity index (χ3n) is 3.50. The van der Waals surface area contributed by atoms with Crippen LogP contribution in [0.1, 0.15) is 44.0 Å². The number of benzene rings is 1. The van der Waals surface area contributed by atoms with E-state index in [2.05, 4.69) is 6.92 Å². The number of primary amides is 1. The molecule has 1 rings (SSSR count). The number of urea groups is 1. The zero-order chi connectivity index (χ0) is 19.7. The van der Waals surface area contributed by atoms with Crippen LogP contribution < -0.4 is 20.5 Å². The van der Waals surface area contributed by atoms with Gasteiger partial charge >= 0.3 is 12.0 Å². The first kappa shape index (κ1) is 21.3. The third kappa shape index (κ3) is 6.27. The standard InChI is InChI=1S/C18H26N2O6/c1-5-6-9-25-13-8-7-12(10-14(13)24-4)17(22)26-15(11(2)3)16(21)20-18(19)23/h7-8,10-11,15H,5-6,9H2,1-4H3,(H3,19,20,21,23). The zero-order valence-electron chi connectivity index (χ0n) is 15.5. The number of hydrogen-bond donors (Lipinski definition) is 2. The molecule has 1 aromatic rings. The number of carbonyl (C=O) groups excluding carboxylic acids is 3. The lowest BCUT2D eigenvalue weighted by molar-refractivity contribution is -0.130. The Labute approximate surface area is 153 Å². The highest BCUT2D eigenvalue weighted by Crippen LogP contribution is 2.29. The molecular weight excluding hydrogens is 340 g/mol. The number of hydrogen-bond acceptors (Lipinski definition) is 6. The molecule has 0 fully saturated rings. The Kier molecular flexibility index (Phi) is 8.41. The van der Waals surface area contributed by atoms with Crippen LogP contribution in [0.2, 0.25) is 0 Å². The molecule has 26 heavy (non-hydrogen) atoms. The second-order valence-corrected chi connectivity index (χ2v) is 5.99. The minimum atomic E-state index is -1.15. The lowest BCUT2D eigenvalue weighted by Crippen LogP contribution is -2.45. The second-order valence-electron chi connectivity index (χ2n) is 5.99. The predicted octanol–water partition coefficient (Wildman–Crippen LogP) is 2.25. The summed E-state index contributed by atoms with van der Waals surface area (Å²) in [6, 6.07) is 3.61. The van der Waals surface area contributed by atoms with Gasteiger partial charge in [-0.2, -0.15) is 0 Å². The number of carbonyl (C=O) groups is 3. The van der Waals surface area contributed by atoms with E-state index in [1.165, 1.54) is 19.2 Å². The van der Waals surface area contributed by atoms with Crippen molar-refractivity contribution in [3.8, 4) is 11.5 Å². The Bertz CT molecular complexity index is 645. The largest absolute Gasteiger partial charge is 0.493 e. The van der Waals surface area contributed by atoms with Gasteiger partial charge in [0.05, 0.1) is 19.3 Å². The fourth-order valence-electron chi connectivity index (χ4n) is 2.11. The molecular formula is C18H26N2O6. The minimum absolute atomic E-state index is 0.196. The molecule has 0 aliphatic rings. The highest BCUT2D eigenvalue weighted by Gasteiger charge is 2.28. The van der Waals surface area contributed by atoms with Gasteiger partial charge in [0.25, 0.3) is 5.91 Å². The zero-order valence-corrected chi connectivity index (χ0v) is 15.5. The molecule has 144 valence electrons. The van der Waals surface area contributed by atoms with Gasteiger partial charge in [-0.1, -0.05) is 27.2 Å². The van der Waals surface area contributed by atoms with Crippen LogP contribution in [0.25, 0.3) is 0 Å². The van der Waals surface area contributed by atoms with Crippen LogP contribution in [0, 0.1) is 5.92 Å². The molecule has 1 atom stereocenters. The first-order valence-corrected chi connectivity index (χ1v) is 8.42. The minimum Gasteiger partial charge on any atom is -0.493 e. The van der Waals surface area contributed by atoms with Crippen LogP contribution in [0.4, 0.5) is 4.79 Å². The Morgan fingerprint density at radius 3 is 2.42 bits per heavy atom. The third-order valence-corrected chi connectivity index (χ3v) is 3.50. The average molecular weight is 366 g/mol. The van der Waals surface area contributed by atoms with Crippen molar-refractivity contribution < 1.29 is 28.6 Å². The molecule has 3 N–H and O–H groups in total. The van der Waals surface area contributed by atoms with Crippen LogP contribution in [-0.4, -0.2) is 37.7 Å². The molecule has 0 aliphatic heterocycles. The van der Waals surface area contributed by atoms with E-state index in [1.807, 2.05) is 5.32 Å². The van der Waals surface area contributed by atoms with Crippen LogP contribution >= 0.6 is 0 Å². The van der Waals surface area contributed by atoms with Gasteiger partial charge in [-0.3, -0.25) is 10.1 Å². The summed E-state index contributed by atoms with van der Waals surface area (Å²) >= 11 is 0. The Morgan fingerprint density at radius 2 is 1.88 bits per heavy atom. The van der Waals surface area contributed by atoms with E-state index in [0.29, 0.717) is 18.1 Å². The van der Waals surface area contributed by atoms with Crippen molar-refractivity contribution in [3.63, 3.8) is 0 Å². The van der Waals surface area contributed by atoms with Crippen molar-refractivity contribution in [2.24, 2.45) is 11.7 Å². The summed E-state index contributed by atoms with van der Waals surface area (Å²) in [7, 11) is 1.47. The van der Waals surface area contributed by atoms with E-state index in [-0.39, 0.29) is 11.5 Å². The van der Waals surface area contributed by atoms with Crippen molar-refractivity contribution in [2.75, 3.05) is 13.7 Å². The van der Waals surface area contributed by atoms with Gasteiger partial charge in [0.2, 0.25) is 0 Å². The molecule has 0 spiro atoms. The molecule has 0 bridgehead atoms. The van der Waals surface area contributed by atoms with Gasteiger partial charge in [0.15, 0.2) is 17.6 Å². The number of unbranched alkanes of at least 4 members (excludes halogenated alkanes) is 1. The van der Waals surface area contributed by atoms with Crippen molar-refractivity contribution in [3.05, 3.63) is 23.8 Å². The van der Waals surface area contributed by atoms with Crippen LogP contribution in [-0.2, 0) is 9.53 Å². The molecule has 1 unspecified atom stereocenters. The van der Waals surface area contributed by atoms with Crippen LogP contribution in [0.5, 0.6) is 11.5 Å². The van der Waals surface area contributed by atoms with Crippen LogP contribution in [0.3, 0.4) is 0 Å². The number of nitrogens with two attached hydrogens (primary N) is 1. The Hall–Kier alpha value is -2.77. The van der Waals surface area contributed by atoms with Gasteiger partial charge in [-0.25, -0.2) is 9.59 Å². The first-order valence-electron chi connectivity index (χ1n) is 8.42. The van der Waals surface area contributed by atoms with E-state index < -0.39 is 24.0 Å². The summed E-state index contributed by atoms with van der Waals surface area (Å²) in [5.41, 5.74) is 5.13. The normalized spacial score (nSPS) is 11.6. The van der Waals surface area contributed by atoms with Crippen molar-refractivity contribution in [1.82, 2.24) is 5.32 Å². The quantitative estimate of drug-likeness (QED) is 0.511. The molecule has 8 heteroatoms. The van der Waals surface area contributed by atoms with Crippen molar-refractivity contribution >= 4 is 17.9 Å². The molecule has 1 aromatic carbocycles. The molecule has 0 aromatic heterocycles. The summed E-state index contributed by atoms with van der Waals surface area (Å²) in [5.74, 6) is -0.937. The highest BCUT2D eigenvalue weighted by atomic mass is 16.5. The van der Waals surface area contributed by atoms with E-state index >= 15 is 0 Å². The summed E-state index contributed by atoms with van der Waals surface area (Å²) in [6.45, 7) is 5.96. The van der Waals surface area contributed by atoms with Gasteiger partial charge < -0.3 is 19.9 Å². The smallest absolute Gasteiger partial charge is 0.339 e. The number of imide groups is 1. The maximum absolute atomic E-state index is 12.4. The molecule has 8 nitrogen and oxygen atoms in total. The Balaban J connectivity index is 2.90. The Morgan fingerprint density at radius 1 is 1.19 bits per heavy atom. The van der Waals surface area contributed by atoms with Crippen molar-refractivity contribution in [1.29, 1.82) is 0 Å². The first-order chi connectivity index (χ1) is 12.3. The highest BCUT2D eigenvalue weighted by molar-refractivity contribution is 5.98. The van der Waals surface area contributed by atoms with Gasteiger partial charge in [-0.05, 0) is 30.5 Å². The lowest BCUT2D eigenvalue weighted by atomic mass is 10.1. The number of esters is 1. The number of amides is 3. The van der Waals surface area contributed by atoms with Crippen molar-refractivity contribution in [2.45, 2.75) is 39.7 Å². The molecule has 0 aliphatic carbocycles. The number of rotatable bonds is 9. The maximum Gasteiger partial charge on any atom is 0.339 e. The molecule has 0 saturated heterocycles. The lowest BCUT2D eigenvalue weighted by Gasteiger charge is -2.20. The molecule has 0 saturated carbocycles. The van der Waals surface area contributed by atoms with E-state index in [9.17, 15) is 14.4 Å². The number of nitrogens with one attached hydrogen (secondary N) is 1. The predicted molar refractivity (Wildman–Crippen MR) is 95.2 cm³/mol. The number of methoxy groups -OCH3 is 1. The number of ether oxygens (including phenoxy) is 3. The summed E-state index contributed by atoms with van der Waals surface area (Å²) < 4.78 is 16.1. The van der Waals surface area contributed by atoms with Gasteiger partial charge in [0, 0.05) is 0 Å². The van der Waals surface area contributed by atoms with Crippen LogP contribution in [0.15, 0.2) is 18.2 Å². The maximum atomic E-state index is 12.4. The SMILES string of the molecule is CCCCOc1ccc(C(=O)OC(C(=O)NC(N)=O)C(C)C)cc1OC. The molecule has 0 radical (unpaired) electrons. The fraction of sp³-hybridized carbons (Fsp3) is 0.500. The summed E-state index contributed by atoms with van der Waals surface area (Å²) in [5, 5.41) is 1.92. The van der Waals surface area contributed by atoms with Gasteiger partial charge in [0.1, 0.15) is 0 Å². The fourth-order valence-corrected chi connectivity index (χ4v) is 2.11. The molecule has 0 heterocycles. The topological polar surface area (TPSA) is 117 Å². The average Bonchev–Trinajstić information content (AvgIpc) is 2.58. The monoisotopic (exact) mass is 366 g/mol. The molecule has 3 amide bonds. The van der Waals surface area contributed by atoms with E-state index in [0.717, 1.165) is 12.8 Å². The van der Waals surface area contributed by atoms with E-state index in [4.69, 9.17) is 19.9 Å². The van der Waals surface area contributed by atoms with Gasteiger partial charge in [-0.15, -0.1) is 0 Å².